The molecule has 0 aliphatic rings. The quantitative estimate of drug-likeness (QED) is 0.821. The molecule has 0 bridgehead atoms. The number of carbonyl (C=O) groups is 3. The lowest BCUT2D eigenvalue weighted by molar-refractivity contribution is -0.133. The highest BCUT2D eigenvalue weighted by Crippen LogP contribution is 2.12. The van der Waals surface area contributed by atoms with Crippen LogP contribution in [0, 0.1) is 5.82 Å². The number of hydrogen-bond donors (Lipinski definition) is 1. The predicted molar refractivity (Wildman–Crippen MR) is 92.6 cm³/mol. The topological polar surface area (TPSA) is 66.5 Å². The van der Waals surface area contributed by atoms with E-state index in [2.05, 4.69) is 5.32 Å². The van der Waals surface area contributed by atoms with Crippen molar-refractivity contribution >= 4 is 23.3 Å². The number of anilines is 1. The van der Waals surface area contributed by atoms with Gasteiger partial charge in [0.05, 0.1) is 0 Å². The number of rotatable bonds is 6. The van der Waals surface area contributed by atoms with Gasteiger partial charge in [-0.15, -0.1) is 0 Å². The van der Waals surface area contributed by atoms with Gasteiger partial charge in [0, 0.05) is 24.7 Å². The fourth-order valence-electron chi connectivity index (χ4n) is 2.28. The molecule has 2 amide bonds. The number of hydrogen-bond acceptors (Lipinski definition) is 3. The van der Waals surface area contributed by atoms with E-state index >= 15 is 0 Å². The molecule has 0 radical (unpaired) electrons. The molecule has 0 fully saturated rings. The Balaban J connectivity index is 2.02. The third-order valence-corrected chi connectivity index (χ3v) is 3.62. The van der Waals surface area contributed by atoms with Gasteiger partial charge in [-0.3, -0.25) is 14.4 Å². The Morgan fingerprint density at radius 3 is 2.32 bits per heavy atom. The second kappa shape index (κ2) is 8.19. The van der Waals surface area contributed by atoms with Crippen LogP contribution in [0.3, 0.4) is 0 Å². The molecule has 6 heteroatoms. The fourth-order valence-corrected chi connectivity index (χ4v) is 2.28. The molecule has 0 heterocycles. The van der Waals surface area contributed by atoms with Crippen LogP contribution in [-0.4, -0.2) is 29.0 Å². The summed E-state index contributed by atoms with van der Waals surface area (Å²) in [4.78, 5) is 36.7. The molecule has 0 spiro atoms. The molecule has 0 aliphatic carbocycles. The van der Waals surface area contributed by atoms with E-state index in [0.29, 0.717) is 11.3 Å². The number of benzene rings is 2. The van der Waals surface area contributed by atoms with Gasteiger partial charge in [0.15, 0.2) is 5.78 Å². The van der Waals surface area contributed by atoms with E-state index in [9.17, 15) is 18.8 Å². The second-order valence-corrected chi connectivity index (χ2v) is 5.69. The van der Waals surface area contributed by atoms with E-state index in [1.807, 2.05) is 0 Å². The largest absolute Gasteiger partial charge is 0.329 e. The highest BCUT2D eigenvalue weighted by molar-refractivity contribution is 5.98. The molecule has 130 valence electrons. The van der Waals surface area contributed by atoms with Crippen LogP contribution in [0.4, 0.5) is 10.1 Å². The van der Waals surface area contributed by atoms with Crippen molar-refractivity contribution in [3.63, 3.8) is 0 Å². The summed E-state index contributed by atoms with van der Waals surface area (Å²) < 4.78 is 13.0. The molecule has 0 saturated heterocycles. The van der Waals surface area contributed by atoms with Crippen molar-refractivity contribution in [3.8, 4) is 0 Å². The van der Waals surface area contributed by atoms with Gasteiger partial charge in [0.2, 0.25) is 11.8 Å². The maximum absolute atomic E-state index is 13.0. The van der Waals surface area contributed by atoms with Gasteiger partial charge >= 0.3 is 0 Å². The third kappa shape index (κ3) is 5.53. The third-order valence-electron chi connectivity index (χ3n) is 3.62. The van der Waals surface area contributed by atoms with Crippen molar-refractivity contribution in [1.29, 1.82) is 0 Å². The van der Waals surface area contributed by atoms with Crippen molar-refractivity contribution in [1.82, 2.24) is 4.90 Å². The molecule has 0 saturated carbocycles. The highest BCUT2D eigenvalue weighted by Gasteiger charge is 2.15. The SMILES string of the molecule is CC(=O)c1cccc(NC(=O)CN(Cc2ccc(F)cc2)C(C)=O)c1. The van der Waals surface area contributed by atoms with Gasteiger partial charge in [-0.2, -0.15) is 0 Å². The number of carbonyl (C=O) groups excluding carboxylic acids is 3. The van der Waals surface area contributed by atoms with E-state index in [4.69, 9.17) is 0 Å². The zero-order valence-electron chi connectivity index (χ0n) is 14.1. The van der Waals surface area contributed by atoms with E-state index in [-0.39, 0.29) is 36.5 Å². The Morgan fingerprint density at radius 2 is 1.72 bits per heavy atom. The smallest absolute Gasteiger partial charge is 0.244 e. The van der Waals surface area contributed by atoms with Gasteiger partial charge in [-0.1, -0.05) is 24.3 Å². The standard InChI is InChI=1S/C19H19FN2O3/c1-13(23)16-4-3-5-18(10-16)21-19(25)12-22(14(2)24)11-15-6-8-17(20)9-7-15/h3-10H,11-12H2,1-2H3,(H,21,25). The Labute approximate surface area is 145 Å². The molecule has 25 heavy (non-hydrogen) atoms. The Kier molecular flexibility index (Phi) is 6.00. The van der Waals surface area contributed by atoms with Gasteiger partial charge in [0.1, 0.15) is 12.4 Å². The molecule has 0 atom stereocenters. The molecule has 1 N–H and O–H groups in total. The first-order chi connectivity index (χ1) is 11.8. The summed E-state index contributed by atoms with van der Waals surface area (Å²) in [6, 6.07) is 12.3. The molecular formula is C19H19FN2O3. The lowest BCUT2D eigenvalue weighted by Crippen LogP contribution is -2.36. The molecule has 2 rings (SSSR count). The zero-order valence-corrected chi connectivity index (χ0v) is 14.1. The monoisotopic (exact) mass is 342 g/mol. The number of Topliss-reactive ketones (excluding diaryl/α,β-unsaturated/α-hetero) is 1. The lowest BCUT2D eigenvalue weighted by Gasteiger charge is -2.20. The van der Waals surface area contributed by atoms with Crippen molar-refractivity contribution < 1.29 is 18.8 Å². The van der Waals surface area contributed by atoms with E-state index in [0.717, 1.165) is 5.56 Å². The summed E-state index contributed by atoms with van der Waals surface area (Å²) in [5.74, 6) is -1.10. The Hall–Kier alpha value is -3.02. The Bertz CT molecular complexity index is 788. The lowest BCUT2D eigenvalue weighted by atomic mass is 10.1. The van der Waals surface area contributed by atoms with Gasteiger partial charge < -0.3 is 10.2 Å². The number of ketones is 1. The van der Waals surface area contributed by atoms with Crippen LogP contribution in [0.5, 0.6) is 0 Å². The normalized spacial score (nSPS) is 10.2. The molecule has 2 aromatic rings. The average Bonchev–Trinajstić information content (AvgIpc) is 2.56. The van der Waals surface area contributed by atoms with Crippen LogP contribution in [-0.2, 0) is 16.1 Å². The van der Waals surface area contributed by atoms with E-state index in [1.165, 1.54) is 30.9 Å². The van der Waals surface area contributed by atoms with E-state index in [1.54, 1.807) is 36.4 Å². The molecular weight excluding hydrogens is 323 g/mol. The summed E-state index contributed by atoms with van der Waals surface area (Å²) in [7, 11) is 0. The summed E-state index contributed by atoms with van der Waals surface area (Å²) in [6.45, 7) is 2.88. The molecule has 2 aromatic carbocycles. The number of nitrogens with zero attached hydrogens (tertiary/aromatic N) is 1. The second-order valence-electron chi connectivity index (χ2n) is 5.69. The number of halogens is 1. The van der Waals surface area contributed by atoms with Crippen LogP contribution in [0.1, 0.15) is 29.8 Å². The van der Waals surface area contributed by atoms with Crippen LogP contribution in [0.25, 0.3) is 0 Å². The predicted octanol–water partition coefficient (Wildman–Crippen LogP) is 3.02. The maximum atomic E-state index is 13.0. The minimum absolute atomic E-state index is 0.0993. The van der Waals surface area contributed by atoms with Crippen LogP contribution in [0.15, 0.2) is 48.5 Å². The van der Waals surface area contributed by atoms with Crippen LogP contribution >= 0.6 is 0 Å². The molecule has 0 aromatic heterocycles. The first kappa shape index (κ1) is 18.3. The first-order valence-electron chi connectivity index (χ1n) is 7.76. The Morgan fingerprint density at radius 1 is 1.04 bits per heavy atom. The van der Waals surface area contributed by atoms with Crippen LogP contribution in [0.2, 0.25) is 0 Å². The van der Waals surface area contributed by atoms with E-state index < -0.39 is 0 Å². The number of amides is 2. The van der Waals surface area contributed by atoms with Gasteiger partial charge in [-0.05, 0) is 36.8 Å². The molecule has 0 aliphatic heterocycles. The van der Waals surface area contributed by atoms with Crippen molar-refractivity contribution in [3.05, 3.63) is 65.5 Å². The molecule has 0 unspecified atom stereocenters. The highest BCUT2D eigenvalue weighted by atomic mass is 19.1. The van der Waals surface area contributed by atoms with Gasteiger partial charge in [0.25, 0.3) is 0 Å². The first-order valence-corrected chi connectivity index (χ1v) is 7.76. The zero-order chi connectivity index (χ0) is 18.4. The minimum Gasteiger partial charge on any atom is -0.329 e. The fraction of sp³-hybridized carbons (Fsp3) is 0.211. The maximum Gasteiger partial charge on any atom is 0.244 e. The summed E-state index contributed by atoms with van der Waals surface area (Å²) in [5.41, 5.74) is 1.71. The average molecular weight is 342 g/mol. The summed E-state index contributed by atoms with van der Waals surface area (Å²) >= 11 is 0. The van der Waals surface area contributed by atoms with Crippen molar-refractivity contribution in [2.75, 3.05) is 11.9 Å². The van der Waals surface area contributed by atoms with Crippen molar-refractivity contribution in [2.45, 2.75) is 20.4 Å². The molecule has 5 nitrogen and oxygen atoms in total. The summed E-state index contributed by atoms with van der Waals surface area (Å²) in [6.07, 6.45) is 0. The minimum atomic E-state index is -0.377. The van der Waals surface area contributed by atoms with Crippen molar-refractivity contribution in [2.24, 2.45) is 0 Å². The number of nitrogens with one attached hydrogen (secondary N) is 1. The summed E-state index contributed by atoms with van der Waals surface area (Å²) in [5, 5.41) is 2.67. The van der Waals surface area contributed by atoms with Crippen LogP contribution < -0.4 is 5.32 Å². The van der Waals surface area contributed by atoms with Gasteiger partial charge in [-0.25, -0.2) is 4.39 Å².